The zero-order chi connectivity index (χ0) is 21.3. The molecule has 1 saturated heterocycles. The summed E-state index contributed by atoms with van der Waals surface area (Å²) in [5.41, 5.74) is 3.36. The first-order chi connectivity index (χ1) is 15.2. The molecule has 1 saturated carbocycles. The highest BCUT2D eigenvalue weighted by atomic mass is 16.2. The van der Waals surface area contributed by atoms with Crippen molar-refractivity contribution in [1.29, 1.82) is 0 Å². The van der Waals surface area contributed by atoms with Gasteiger partial charge in [-0.25, -0.2) is 4.98 Å². The molecule has 0 spiro atoms. The summed E-state index contributed by atoms with van der Waals surface area (Å²) in [5.74, 6) is 2.08. The molecule has 4 nitrogen and oxygen atoms in total. The van der Waals surface area contributed by atoms with Crippen LogP contribution in [0.1, 0.15) is 43.4 Å². The molecule has 0 radical (unpaired) electrons. The lowest BCUT2D eigenvalue weighted by atomic mass is 9.90. The first kappa shape index (κ1) is 20.0. The van der Waals surface area contributed by atoms with E-state index in [0.29, 0.717) is 11.8 Å². The van der Waals surface area contributed by atoms with Crippen molar-refractivity contribution in [2.24, 2.45) is 5.92 Å². The molecule has 1 amide bonds. The Kier molecular flexibility index (Phi) is 5.39. The van der Waals surface area contributed by atoms with E-state index in [9.17, 15) is 4.79 Å². The first-order valence-corrected chi connectivity index (χ1v) is 11.6. The van der Waals surface area contributed by atoms with Crippen molar-refractivity contribution < 1.29 is 4.79 Å². The summed E-state index contributed by atoms with van der Waals surface area (Å²) in [4.78, 5) is 20.1. The zero-order valence-electron chi connectivity index (χ0n) is 18.3. The Balaban J connectivity index is 1.18. The summed E-state index contributed by atoms with van der Waals surface area (Å²) < 4.78 is 2.35. The molecule has 2 fully saturated rings. The summed E-state index contributed by atoms with van der Waals surface area (Å²) in [6.07, 6.45) is 7.32. The van der Waals surface area contributed by atoms with Crippen LogP contribution in [0, 0.1) is 12.8 Å². The number of nitrogens with zero attached hydrogens (tertiary/aromatic N) is 3. The number of hydrogen-bond acceptors (Lipinski definition) is 2. The predicted octanol–water partition coefficient (Wildman–Crippen LogP) is 5.22. The number of aromatic nitrogens is 2. The number of amides is 1. The van der Waals surface area contributed by atoms with Gasteiger partial charge in [-0.2, -0.15) is 0 Å². The van der Waals surface area contributed by atoms with E-state index in [2.05, 4.69) is 69.9 Å². The predicted molar refractivity (Wildman–Crippen MR) is 124 cm³/mol. The molecule has 31 heavy (non-hydrogen) atoms. The molecule has 1 aliphatic carbocycles. The van der Waals surface area contributed by atoms with E-state index in [1.165, 1.54) is 16.8 Å². The number of likely N-dealkylation sites (tertiary alicyclic amines) is 1. The molecule has 0 atom stereocenters. The number of piperidine rings is 1. The Bertz CT molecular complexity index is 1030. The second-order valence-corrected chi connectivity index (χ2v) is 9.21. The molecule has 3 aromatic rings. The lowest BCUT2D eigenvalue weighted by molar-refractivity contribution is -0.135. The van der Waals surface area contributed by atoms with E-state index in [1.807, 2.05) is 18.3 Å². The summed E-state index contributed by atoms with van der Waals surface area (Å²) in [7, 11) is 0. The molecule has 0 bridgehead atoms. The smallest absolute Gasteiger partial charge is 0.233 e. The van der Waals surface area contributed by atoms with Crippen LogP contribution in [0.15, 0.2) is 66.9 Å². The molecule has 2 heterocycles. The monoisotopic (exact) mass is 413 g/mol. The van der Waals surface area contributed by atoms with Gasteiger partial charge in [-0.05, 0) is 50.5 Å². The molecule has 1 aliphatic heterocycles. The van der Waals surface area contributed by atoms with Crippen LogP contribution in [0.25, 0.3) is 11.4 Å². The van der Waals surface area contributed by atoms with Crippen molar-refractivity contribution >= 4 is 5.91 Å². The quantitative estimate of drug-likeness (QED) is 0.556. The molecular formula is C27H31N3O. The minimum absolute atomic E-state index is 0.230. The average molecular weight is 414 g/mol. The maximum atomic E-state index is 13.3. The van der Waals surface area contributed by atoms with Gasteiger partial charge in [0.1, 0.15) is 5.82 Å². The fourth-order valence-electron chi connectivity index (χ4n) is 5.11. The highest BCUT2D eigenvalue weighted by molar-refractivity contribution is 5.91. The molecule has 1 aromatic heterocycles. The number of rotatable bonds is 6. The number of carbonyl (C=O) groups excluding carboxylic acids is 1. The number of hydrogen-bond donors (Lipinski definition) is 0. The molecular weight excluding hydrogens is 382 g/mol. The normalized spacial score (nSPS) is 18.2. The molecule has 160 valence electrons. The first-order valence-electron chi connectivity index (χ1n) is 11.6. The molecule has 2 aliphatic rings. The summed E-state index contributed by atoms with van der Waals surface area (Å²) in [6, 6.07) is 20.8. The topological polar surface area (TPSA) is 38.1 Å². The van der Waals surface area contributed by atoms with Gasteiger partial charge in [0.05, 0.1) is 5.41 Å². The fraction of sp³-hybridized carbons (Fsp3) is 0.407. The number of aryl methyl sites for hydroxylation is 1. The maximum Gasteiger partial charge on any atom is 0.233 e. The maximum absolute atomic E-state index is 13.3. The van der Waals surface area contributed by atoms with Crippen molar-refractivity contribution in [2.45, 2.75) is 51.0 Å². The van der Waals surface area contributed by atoms with Gasteiger partial charge in [-0.1, -0.05) is 60.7 Å². The van der Waals surface area contributed by atoms with Crippen LogP contribution < -0.4 is 0 Å². The standard InChI is InChI=1S/C27H31N3O/c1-21-20-28-25(23-8-4-2-5-9-23)30(21)19-14-22-12-17-29(18-13-22)26(31)27(15-16-27)24-10-6-3-7-11-24/h2-11,20,22H,12-19H2,1H3. The van der Waals surface area contributed by atoms with E-state index < -0.39 is 0 Å². The van der Waals surface area contributed by atoms with Gasteiger partial charge in [0, 0.05) is 37.1 Å². The minimum atomic E-state index is -0.230. The van der Waals surface area contributed by atoms with Crippen LogP contribution >= 0.6 is 0 Å². The third-order valence-corrected chi connectivity index (χ3v) is 7.24. The van der Waals surface area contributed by atoms with Gasteiger partial charge >= 0.3 is 0 Å². The Hall–Kier alpha value is -2.88. The second-order valence-electron chi connectivity index (χ2n) is 9.21. The van der Waals surface area contributed by atoms with Crippen LogP contribution in [0.2, 0.25) is 0 Å². The van der Waals surface area contributed by atoms with Gasteiger partial charge in [-0.15, -0.1) is 0 Å². The molecule has 4 heteroatoms. The van der Waals surface area contributed by atoms with Crippen molar-refractivity contribution in [3.8, 4) is 11.4 Å². The van der Waals surface area contributed by atoms with Gasteiger partial charge in [0.2, 0.25) is 5.91 Å². The third-order valence-electron chi connectivity index (χ3n) is 7.24. The second kappa shape index (κ2) is 8.33. The average Bonchev–Trinajstić information content (AvgIpc) is 3.56. The van der Waals surface area contributed by atoms with Crippen LogP contribution in [0.4, 0.5) is 0 Å². The Morgan fingerprint density at radius 2 is 1.65 bits per heavy atom. The molecule has 2 aromatic carbocycles. The third kappa shape index (κ3) is 3.91. The number of benzene rings is 2. The Morgan fingerprint density at radius 3 is 2.29 bits per heavy atom. The lowest BCUT2D eigenvalue weighted by Gasteiger charge is -2.34. The largest absolute Gasteiger partial charge is 0.342 e. The Labute approximate surface area is 184 Å². The van der Waals surface area contributed by atoms with E-state index in [4.69, 9.17) is 0 Å². The zero-order valence-corrected chi connectivity index (χ0v) is 18.3. The Morgan fingerprint density at radius 1 is 1.00 bits per heavy atom. The fourth-order valence-corrected chi connectivity index (χ4v) is 5.11. The molecule has 0 N–H and O–H groups in total. The highest BCUT2D eigenvalue weighted by Crippen LogP contribution is 2.50. The van der Waals surface area contributed by atoms with Gasteiger partial charge in [-0.3, -0.25) is 4.79 Å². The molecule has 5 rings (SSSR count). The van der Waals surface area contributed by atoms with E-state index in [1.54, 1.807) is 0 Å². The SMILES string of the molecule is Cc1cnc(-c2ccccc2)n1CCC1CCN(C(=O)C2(c3ccccc3)CC2)CC1. The van der Waals surface area contributed by atoms with E-state index >= 15 is 0 Å². The number of imidazole rings is 1. The minimum Gasteiger partial charge on any atom is -0.342 e. The van der Waals surface area contributed by atoms with E-state index in [-0.39, 0.29) is 5.41 Å². The van der Waals surface area contributed by atoms with Crippen LogP contribution in [-0.2, 0) is 16.8 Å². The van der Waals surface area contributed by atoms with Crippen LogP contribution in [0.3, 0.4) is 0 Å². The lowest BCUT2D eigenvalue weighted by Crippen LogP contribution is -2.44. The van der Waals surface area contributed by atoms with E-state index in [0.717, 1.165) is 57.6 Å². The van der Waals surface area contributed by atoms with Gasteiger partial charge < -0.3 is 9.47 Å². The summed E-state index contributed by atoms with van der Waals surface area (Å²) in [6.45, 7) is 4.92. The molecule has 0 unspecified atom stereocenters. The van der Waals surface area contributed by atoms with Crippen molar-refractivity contribution in [3.63, 3.8) is 0 Å². The highest BCUT2D eigenvalue weighted by Gasteiger charge is 2.53. The van der Waals surface area contributed by atoms with Crippen molar-refractivity contribution in [2.75, 3.05) is 13.1 Å². The van der Waals surface area contributed by atoms with Crippen molar-refractivity contribution in [1.82, 2.24) is 14.5 Å². The van der Waals surface area contributed by atoms with Crippen LogP contribution in [-0.4, -0.2) is 33.4 Å². The summed E-state index contributed by atoms with van der Waals surface area (Å²) in [5, 5.41) is 0. The number of carbonyl (C=O) groups is 1. The summed E-state index contributed by atoms with van der Waals surface area (Å²) >= 11 is 0. The van der Waals surface area contributed by atoms with Crippen LogP contribution in [0.5, 0.6) is 0 Å². The van der Waals surface area contributed by atoms with Crippen molar-refractivity contribution in [3.05, 3.63) is 78.1 Å². The van der Waals surface area contributed by atoms with Gasteiger partial charge in [0.15, 0.2) is 0 Å². The van der Waals surface area contributed by atoms with Gasteiger partial charge in [0.25, 0.3) is 0 Å².